The molecule has 0 saturated heterocycles. The molecule has 0 aliphatic rings. The van der Waals surface area contributed by atoms with Crippen LogP contribution in [0.3, 0.4) is 0 Å². The summed E-state index contributed by atoms with van der Waals surface area (Å²) in [5.74, 6) is 1.27. The van der Waals surface area contributed by atoms with Crippen LogP contribution < -0.4 is 16.2 Å². The van der Waals surface area contributed by atoms with Gasteiger partial charge in [0, 0.05) is 35.0 Å². The number of hydrogen-bond acceptors (Lipinski definition) is 6. The number of fused-ring (bicyclic) bond motifs is 1. The lowest BCUT2D eigenvalue weighted by molar-refractivity contribution is 0.415. The van der Waals surface area contributed by atoms with Gasteiger partial charge in [-0.25, -0.2) is 4.98 Å². The first-order valence-corrected chi connectivity index (χ1v) is 5.99. The van der Waals surface area contributed by atoms with Crippen molar-refractivity contribution in [3.05, 3.63) is 36.7 Å². The maximum absolute atomic E-state index is 5.86. The number of nitrogens with two attached hydrogens (primary N) is 2. The maximum atomic E-state index is 5.86. The van der Waals surface area contributed by atoms with Gasteiger partial charge < -0.3 is 16.2 Å². The van der Waals surface area contributed by atoms with E-state index in [0.29, 0.717) is 11.4 Å². The third kappa shape index (κ3) is 2.07. The van der Waals surface area contributed by atoms with Crippen molar-refractivity contribution >= 4 is 22.7 Å². The van der Waals surface area contributed by atoms with Crippen LogP contribution in [0.4, 0.5) is 11.8 Å². The predicted molar refractivity (Wildman–Crippen MR) is 78.1 cm³/mol. The van der Waals surface area contributed by atoms with Gasteiger partial charge in [-0.15, -0.1) is 0 Å². The molecule has 0 amide bonds. The van der Waals surface area contributed by atoms with Gasteiger partial charge in [0.05, 0.1) is 12.6 Å². The quantitative estimate of drug-likeness (QED) is 0.735. The number of pyridine rings is 1. The highest BCUT2D eigenvalue weighted by Gasteiger charge is 2.07. The second kappa shape index (κ2) is 4.65. The Morgan fingerprint density at radius 1 is 1.05 bits per heavy atom. The zero-order valence-corrected chi connectivity index (χ0v) is 10.9. The van der Waals surface area contributed by atoms with E-state index in [-0.39, 0.29) is 5.95 Å². The summed E-state index contributed by atoms with van der Waals surface area (Å²) in [5.41, 5.74) is 13.8. The molecule has 100 valence electrons. The van der Waals surface area contributed by atoms with Crippen molar-refractivity contribution in [2.45, 2.75) is 0 Å². The predicted octanol–water partition coefficient (Wildman–Crippen LogP) is 1.86. The van der Waals surface area contributed by atoms with Crippen molar-refractivity contribution in [2.24, 2.45) is 0 Å². The molecule has 0 spiro atoms. The number of aromatic nitrogens is 3. The Bertz CT molecular complexity index is 788. The molecule has 4 N–H and O–H groups in total. The van der Waals surface area contributed by atoms with E-state index in [9.17, 15) is 0 Å². The molecule has 0 bridgehead atoms. The minimum Gasteiger partial charge on any atom is -0.497 e. The van der Waals surface area contributed by atoms with Crippen LogP contribution >= 0.6 is 0 Å². The molecule has 0 radical (unpaired) electrons. The van der Waals surface area contributed by atoms with Crippen molar-refractivity contribution in [1.29, 1.82) is 0 Å². The molecule has 0 fully saturated rings. The van der Waals surface area contributed by atoms with Crippen LogP contribution in [0.25, 0.3) is 22.0 Å². The van der Waals surface area contributed by atoms with Crippen LogP contribution in [0.2, 0.25) is 0 Å². The van der Waals surface area contributed by atoms with E-state index in [4.69, 9.17) is 16.2 Å². The summed E-state index contributed by atoms with van der Waals surface area (Å²) >= 11 is 0. The first-order chi connectivity index (χ1) is 9.67. The molecule has 0 unspecified atom stereocenters. The Kier molecular flexibility index (Phi) is 2.83. The zero-order valence-electron chi connectivity index (χ0n) is 10.9. The number of ether oxygens (including phenoxy) is 1. The van der Waals surface area contributed by atoms with Gasteiger partial charge in [0.1, 0.15) is 11.6 Å². The molecule has 3 aromatic rings. The molecular weight excluding hydrogens is 254 g/mol. The summed E-state index contributed by atoms with van der Waals surface area (Å²) < 4.78 is 5.18. The smallest absolute Gasteiger partial charge is 0.221 e. The second-order valence-corrected chi connectivity index (χ2v) is 4.31. The molecule has 0 saturated carbocycles. The Hall–Kier alpha value is -2.89. The van der Waals surface area contributed by atoms with Crippen LogP contribution in [-0.2, 0) is 0 Å². The molecule has 0 atom stereocenters. The van der Waals surface area contributed by atoms with E-state index in [1.807, 2.05) is 24.3 Å². The van der Waals surface area contributed by atoms with Crippen molar-refractivity contribution < 1.29 is 4.74 Å². The Morgan fingerprint density at radius 3 is 2.65 bits per heavy atom. The largest absolute Gasteiger partial charge is 0.497 e. The van der Waals surface area contributed by atoms with Crippen LogP contribution in [0.15, 0.2) is 36.7 Å². The third-order valence-electron chi connectivity index (χ3n) is 3.04. The number of rotatable bonds is 2. The first-order valence-electron chi connectivity index (χ1n) is 5.99. The summed E-state index contributed by atoms with van der Waals surface area (Å²) in [4.78, 5) is 12.3. The number of hydrogen-bond donors (Lipinski definition) is 2. The number of methoxy groups -OCH3 is 1. The lowest BCUT2D eigenvalue weighted by Crippen LogP contribution is -2.01. The highest BCUT2D eigenvalue weighted by Crippen LogP contribution is 2.27. The van der Waals surface area contributed by atoms with Gasteiger partial charge in [0.15, 0.2) is 0 Å². The van der Waals surface area contributed by atoms with Crippen LogP contribution in [0, 0.1) is 0 Å². The average molecular weight is 267 g/mol. The van der Waals surface area contributed by atoms with E-state index in [1.54, 1.807) is 19.5 Å². The van der Waals surface area contributed by atoms with Crippen molar-refractivity contribution in [3.8, 4) is 16.9 Å². The molecule has 2 heterocycles. The molecule has 1 aromatic carbocycles. The Balaban J connectivity index is 2.13. The van der Waals surface area contributed by atoms with Gasteiger partial charge in [-0.05, 0) is 18.2 Å². The van der Waals surface area contributed by atoms with Crippen molar-refractivity contribution in [3.63, 3.8) is 0 Å². The molecule has 0 aliphatic heterocycles. The van der Waals surface area contributed by atoms with Crippen LogP contribution in [0.1, 0.15) is 0 Å². The summed E-state index contributed by atoms with van der Waals surface area (Å²) in [7, 11) is 1.63. The molecule has 2 aromatic heterocycles. The van der Waals surface area contributed by atoms with E-state index in [0.717, 1.165) is 22.2 Å². The summed E-state index contributed by atoms with van der Waals surface area (Å²) in [6.45, 7) is 0. The normalized spacial score (nSPS) is 10.7. The fourth-order valence-electron chi connectivity index (χ4n) is 2.01. The van der Waals surface area contributed by atoms with Gasteiger partial charge in [-0.3, -0.25) is 4.98 Å². The zero-order chi connectivity index (χ0) is 14.1. The molecular formula is C14H13N5O. The lowest BCUT2D eigenvalue weighted by atomic mass is 10.1. The Labute approximate surface area is 115 Å². The fourth-order valence-corrected chi connectivity index (χ4v) is 2.01. The minimum atomic E-state index is 0.157. The summed E-state index contributed by atoms with van der Waals surface area (Å²) in [5, 5.41) is 0.986. The number of nitrogens with zero attached hydrogens (tertiary/aromatic N) is 3. The van der Waals surface area contributed by atoms with E-state index in [1.165, 1.54) is 0 Å². The maximum Gasteiger partial charge on any atom is 0.221 e. The number of anilines is 2. The van der Waals surface area contributed by atoms with Crippen molar-refractivity contribution in [2.75, 3.05) is 18.6 Å². The highest BCUT2D eigenvalue weighted by molar-refractivity contribution is 5.86. The van der Waals surface area contributed by atoms with Gasteiger partial charge in [0.2, 0.25) is 5.95 Å². The lowest BCUT2D eigenvalue weighted by Gasteiger charge is -2.07. The number of benzene rings is 1. The van der Waals surface area contributed by atoms with Crippen molar-refractivity contribution in [1.82, 2.24) is 15.0 Å². The monoisotopic (exact) mass is 267 g/mol. The summed E-state index contributed by atoms with van der Waals surface area (Å²) in [6, 6.07) is 7.69. The van der Waals surface area contributed by atoms with Gasteiger partial charge in [-0.2, -0.15) is 4.98 Å². The van der Waals surface area contributed by atoms with Gasteiger partial charge in [-0.1, -0.05) is 0 Å². The van der Waals surface area contributed by atoms with Crippen LogP contribution in [-0.4, -0.2) is 22.1 Å². The molecule has 20 heavy (non-hydrogen) atoms. The topological polar surface area (TPSA) is 99.9 Å². The highest BCUT2D eigenvalue weighted by atomic mass is 16.5. The molecule has 6 heteroatoms. The molecule has 3 rings (SSSR count). The second-order valence-electron chi connectivity index (χ2n) is 4.31. The van der Waals surface area contributed by atoms with E-state index in [2.05, 4.69) is 15.0 Å². The molecule has 6 nitrogen and oxygen atoms in total. The average Bonchev–Trinajstić information content (AvgIpc) is 2.46. The van der Waals surface area contributed by atoms with E-state index >= 15 is 0 Å². The van der Waals surface area contributed by atoms with Gasteiger partial charge >= 0.3 is 0 Å². The molecule has 0 aliphatic carbocycles. The standard InChI is InChI=1S/C14H13N5O/c1-20-10-3-2-8-4-9(6-17-12(8)5-10)11-7-18-14(16)19-13(11)15/h2-7H,1H3,(H4,15,16,18,19). The summed E-state index contributed by atoms with van der Waals surface area (Å²) in [6.07, 6.45) is 3.33. The van der Waals surface area contributed by atoms with Gasteiger partial charge in [0.25, 0.3) is 0 Å². The first kappa shape index (κ1) is 12.2. The fraction of sp³-hybridized carbons (Fsp3) is 0.0714. The number of nitrogen functional groups attached to an aromatic ring is 2. The Morgan fingerprint density at radius 2 is 1.90 bits per heavy atom. The SMILES string of the molecule is COc1ccc2cc(-c3cnc(N)nc3N)cnc2c1. The minimum absolute atomic E-state index is 0.157. The third-order valence-corrected chi connectivity index (χ3v) is 3.04. The van der Waals surface area contributed by atoms with E-state index < -0.39 is 0 Å². The van der Waals surface area contributed by atoms with Crippen LogP contribution in [0.5, 0.6) is 5.75 Å².